The van der Waals surface area contributed by atoms with Crippen LogP contribution in [0.5, 0.6) is 0 Å². The first-order valence-electron chi connectivity index (χ1n) is 5.86. The van der Waals surface area contributed by atoms with E-state index in [9.17, 15) is 8.78 Å². The standard InChI is InChI=1S/C14H9ClF2N2S/c15-9-1-4-13-12(6-9)18-14(20)19(13)7-8-5-10(16)2-3-11(8)17/h1-6H,7H2,(H,18,20). The van der Waals surface area contributed by atoms with Crippen molar-refractivity contribution < 1.29 is 8.78 Å². The number of hydrogen-bond acceptors (Lipinski definition) is 1. The lowest BCUT2D eigenvalue weighted by molar-refractivity contribution is 0.578. The van der Waals surface area contributed by atoms with Crippen LogP contribution < -0.4 is 0 Å². The summed E-state index contributed by atoms with van der Waals surface area (Å²) in [5, 5.41) is 0.581. The summed E-state index contributed by atoms with van der Waals surface area (Å²) in [5.41, 5.74) is 1.80. The maximum absolute atomic E-state index is 13.7. The molecule has 102 valence electrons. The van der Waals surface area contributed by atoms with Gasteiger partial charge in [0.25, 0.3) is 0 Å². The van der Waals surface area contributed by atoms with Gasteiger partial charge in [0, 0.05) is 10.6 Å². The second kappa shape index (κ2) is 5.00. The Kier molecular flexibility index (Phi) is 3.31. The monoisotopic (exact) mass is 310 g/mol. The van der Waals surface area contributed by atoms with Gasteiger partial charge in [-0.15, -0.1) is 0 Å². The van der Waals surface area contributed by atoms with Crippen LogP contribution in [0, 0.1) is 16.4 Å². The number of aromatic amines is 1. The van der Waals surface area contributed by atoms with Gasteiger partial charge in [0.05, 0.1) is 17.6 Å². The molecule has 0 bridgehead atoms. The molecule has 0 radical (unpaired) electrons. The molecule has 2 nitrogen and oxygen atoms in total. The van der Waals surface area contributed by atoms with Gasteiger partial charge in [-0.3, -0.25) is 0 Å². The molecule has 0 aliphatic carbocycles. The van der Waals surface area contributed by atoms with E-state index in [-0.39, 0.29) is 12.1 Å². The van der Waals surface area contributed by atoms with E-state index in [1.165, 1.54) is 6.07 Å². The normalized spacial score (nSPS) is 11.2. The predicted octanol–water partition coefficient (Wildman–Crippen LogP) is 4.68. The lowest BCUT2D eigenvalue weighted by Gasteiger charge is -2.06. The molecule has 3 rings (SSSR count). The summed E-state index contributed by atoms with van der Waals surface area (Å²) in [6.45, 7) is 0.157. The van der Waals surface area contributed by atoms with E-state index in [1.54, 1.807) is 22.8 Å². The molecule has 0 unspecified atom stereocenters. The number of aromatic nitrogens is 2. The third kappa shape index (κ3) is 2.34. The number of nitrogens with one attached hydrogen (secondary N) is 1. The topological polar surface area (TPSA) is 20.7 Å². The van der Waals surface area contributed by atoms with Gasteiger partial charge >= 0.3 is 0 Å². The van der Waals surface area contributed by atoms with Crippen LogP contribution in [0.1, 0.15) is 5.56 Å². The third-order valence-corrected chi connectivity index (χ3v) is 3.63. The molecule has 0 aliphatic heterocycles. The van der Waals surface area contributed by atoms with Crippen molar-refractivity contribution in [3.63, 3.8) is 0 Å². The molecular weight excluding hydrogens is 302 g/mol. The smallest absolute Gasteiger partial charge is 0.178 e. The number of benzene rings is 2. The van der Waals surface area contributed by atoms with Crippen molar-refractivity contribution >= 4 is 34.9 Å². The van der Waals surface area contributed by atoms with Crippen LogP contribution in [0.4, 0.5) is 8.78 Å². The maximum atomic E-state index is 13.7. The zero-order chi connectivity index (χ0) is 14.3. The van der Waals surface area contributed by atoms with Crippen LogP contribution in [0.2, 0.25) is 5.02 Å². The number of nitrogens with zero attached hydrogens (tertiary/aromatic N) is 1. The van der Waals surface area contributed by atoms with Gasteiger partial charge in [0.15, 0.2) is 4.77 Å². The van der Waals surface area contributed by atoms with Crippen LogP contribution in [0.15, 0.2) is 36.4 Å². The van der Waals surface area contributed by atoms with E-state index in [0.717, 1.165) is 23.2 Å². The molecule has 1 N–H and O–H groups in total. The summed E-state index contributed by atoms with van der Waals surface area (Å²) < 4.78 is 29.1. The fraction of sp³-hybridized carbons (Fsp3) is 0.0714. The van der Waals surface area contributed by atoms with E-state index in [1.807, 2.05) is 0 Å². The molecule has 1 heterocycles. The number of hydrogen-bond donors (Lipinski definition) is 1. The van der Waals surface area contributed by atoms with Gasteiger partial charge in [-0.25, -0.2) is 8.78 Å². The summed E-state index contributed by atoms with van der Waals surface area (Å²) in [7, 11) is 0. The molecule has 3 aromatic rings. The Hall–Kier alpha value is -1.72. The first kappa shape index (κ1) is 13.3. The highest BCUT2D eigenvalue weighted by Crippen LogP contribution is 2.21. The second-order valence-electron chi connectivity index (χ2n) is 4.41. The first-order valence-corrected chi connectivity index (χ1v) is 6.65. The molecule has 0 amide bonds. The van der Waals surface area contributed by atoms with E-state index >= 15 is 0 Å². The quantitative estimate of drug-likeness (QED) is 0.682. The Morgan fingerprint density at radius 1 is 1.15 bits per heavy atom. The fourth-order valence-electron chi connectivity index (χ4n) is 2.13. The van der Waals surface area contributed by atoms with Crippen LogP contribution >= 0.6 is 23.8 Å². The molecule has 0 saturated carbocycles. The molecule has 0 spiro atoms. The molecule has 0 aliphatic rings. The summed E-state index contributed by atoms with van der Waals surface area (Å²) in [4.78, 5) is 3.00. The van der Waals surface area contributed by atoms with Crippen molar-refractivity contribution in [3.05, 3.63) is 63.4 Å². The van der Waals surface area contributed by atoms with Crippen LogP contribution in [0.25, 0.3) is 11.0 Å². The molecule has 20 heavy (non-hydrogen) atoms. The summed E-state index contributed by atoms with van der Waals surface area (Å²) in [6.07, 6.45) is 0. The third-order valence-electron chi connectivity index (χ3n) is 3.07. The van der Waals surface area contributed by atoms with Crippen molar-refractivity contribution in [2.24, 2.45) is 0 Å². The zero-order valence-electron chi connectivity index (χ0n) is 10.2. The fourth-order valence-corrected chi connectivity index (χ4v) is 2.57. The Bertz CT molecular complexity index is 854. The Morgan fingerprint density at radius 2 is 1.95 bits per heavy atom. The van der Waals surface area contributed by atoms with Crippen molar-refractivity contribution in [1.29, 1.82) is 0 Å². The van der Waals surface area contributed by atoms with Crippen molar-refractivity contribution in [2.75, 3.05) is 0 Å². The van der Waals surface area contributed by atoms with Crippen molar-refractivity contribution in [2.45, 2.75) is 6.54 Å². The van der Waals surface area contributed by atoms with E-state index < -0.39 is 11.6 Å². The Morgan fingerprint density at radius 3 is 2.75 bits per heavy atom. The van der Waals surface area contributed by atoms with Gasteiger partial charge in [0.1, 0.15) is 11.6 Å². The van der Waals surface area contributed by atoms with Crippen molar-refractivity contribution in [3.8, 4) is 0 Å². The predicted molar refractivity (Wildman–Crippen MR) is 77.6 cm³/mol. The summed E-state index contributed by atoms with van der Waals surface area (Å²) in [6, 6.07) is 8.64. The number of fused-ring (bicyclic) bond motifs is 1. The van der Waals surface area contributed by atoms with Gasteiger partial charge < -0.3 is 9.55 Å². The highest BCUT2D eigenvalue weighted by Gasteiger charge is 2.09. The van der Waals surface area contributed by atoms with E-state index in [2.05, 4.69) is 4.98 Å². The maximum Gasteiger partial charge on any atom is 0.178 e. The average Bonchev–Trinajstić information content (AvgIpc) is 2.69. The number of H-pyrrole nitrogens is 1. The lowest BCUT2D eigenvalue weighted by Crippen LogP contribution is -2.02. The molecule has 6 heteroatoms. The summed E-state index contributed by atoms with van der Waals surface area (Å²) in [5.74, 6) is -0.938. The number of rotatable bonds is 2. The zero-order valence-corrected chi connectivity index (χ0v) is 11.7. The van der Waals surface area contributed by atoms with Crippen molar-refractivity contribution in [1.82, 2.24) is 9.55 Å². The van der Waals surface area contributed by atoms with Crippen LogP contribution in [0.3, 0.4) is 0 Å². The van der Waals surface area contributed by atoms with Crippen LogP contribution in [-0.4, -0.2) is 9.55 Å². The highest BCUT2D eigenvalue weighted by molar-refractivity contribution is 7.71. The lowest BCUT2D eigenvalue weighted by atomic mass is 10.2. The second-order valence-corrected chi connectivity index (χ2v) is 5.24. The first-order chi connectivity index (χ1) is 9.54. The molecule has 2 aromatic carbocycles. The highest BCUT2D eigenvalue weighted by atomic mass is 35.5. The Balaban J connectivity index is 2.13. The Labute approximate surface area is 123 Å². The van der Waals surface area contributed by atoms with Gasteiger partial charge in [-0.1, -0.05) is 11.6 Å². The van der Waals surface area contributed by atoms with Gasteiger partial charge in [0.2, 0.25) is 0 Å². The average molecular weight is 311 g/mol. The molecule has 1 aromatic heterocycles. The van der Waals surface area contributed by atoms with E-state index in [0.29, 0.717) is 9.79 Å². The molecule has 0 saturated heterocycles. The molecule has 0 fully saturated rings. The minimum Gasteiger partial charge on any atom is -0.331 e. The number of imidazole rings is 1. The number of halogens is 3. The minimum absolute atomic E-state index is 0.157. The molecule has 0 atom stereocenters. The van der Waals surface area contributed by atoms with Gasteiger partial charge in [-0.2, -0.15) is 0 Å². The van der Waals surface area contributed by atoms with Gasteiger partial charge in [-0.05, 0) is 48.6 Å². The van der Waals surface area contributed by atoms with E-state index in [4.69, 9.17) is 23.8 Å². The summed E-state index contributed by atoms with van der Waals surface area (Å²) >= 11 is 11.1. The largest absolute Gasteiger partial charge is 0.331 e. The van der Waals surface area contributed by atoms with Crippen LogP contribution in [-0.2, 0) is 6.54 Å². The molecular formula is C14H9ClF2N2S. The SMILES string of the molecule is Fc1ccc(F)c(Cn2c(=S)[nH]c3cc(Cl)ccc32)c1. The minimum atomic E-state index is -0.476.